The van der Waals surface area contributed by atoms with E-state index in [1.165, 1.54) is 6.42 Å². The predicted molar refractivity (Wildman–Crippen MR) is 83.0 cm³/mol. The van der Waals surface area contributed by atoms with Crippen molar-refractivity contribution in [3.63, 3.8) is 0 Å². The van der Waals surface area contributed by atoms with Crippen molar-refractivity contribution in [1.29, 1.82) is 0 Å². The Morgan fingerprint density at radius 3 is 2.80 bits per heavy atom. The number of benzene rings is 1. The van der Waals surface area contributed by atoms with E-state index < -0.39 is 0 Å². The number of rotatable bonds is 3. The van der Waals surface area contributed by atoms with Crippen LogP contribution in [0, 0.1) is 0 Å². The fraction of sp³-hybridized carbons (Fsp3) is 0.533. The molecule has 2 rings (SSSR count). The van der Waals surface area contributed by atoms with Crippen LogP contribution in [0.3, 0.4) is 0 Å². The van der Waals surface area contributed by atoms with Gasteiger partial charge in [-0.2, -0.15) is 0 Å². The molecule has 5 heteroatoms. The standard InChI is InChI=1S/C15H24N4O/c1-18(2)15(20)11-6-7-14(13(16)9-11)17-12-5-4-8-19(3)10-12/h6-7,9,12,17H,4-5,8,10,16H2,1-3H3. The maximum Gasteiger partial charge on any atom is 0.253 e. The summed E-state index contributed by atoms with van der Waals surface area (Å²) < 4.78 is 0. The van der Waals surface area contributed by atoms with E-state index in [0.29, 0.717) is 17.3 Å². The van der Waals surface area contributed by atoms with Gasteiger partial charge in [0.15, 0.2) is 0 Å². The fourth-order valence-electron chi connectivity index (χ4n) is 2.59. The largest absolute Gasteiger partial charge is 0.397 e. The van der Waals surface area contributed by atoms with Gasteiger partial charge in [0.1, 0.15) is 0 Å². The molecule has 3 N–H and O–H groups in total. The van der Waals surface area contributed by atoms with E-state index in [9.17, 15) is 4.79 Å². The number of nitrogens with one attached hydrogen (secondary N) is 1. The molecule has 1 aliphatic heterocycles. The van der Waals surface area contributed by atoms with Crippen LogP contribution >= 0.6 is 0 Å². The first-order valence-electron chi connectivity index (χ1n) is 7.03. The van der Waals surface area contributed by atoms with Crippen LogP contribution in [0.4, 0.5) is 11.4 Å². The Bertz CT molecular complexity index is 487. The lowest BCUT2D eigenvalue weighted by Gasteiger charge is -2.31. The second kappa shape index (κ2) is 6.13. The van der Waals surface area contributed by atoms with Gasteiger partial charge in [-0.3, -0.25) is 4.79 Å². The lowest BCUT2D eigenvalue weighted by Crippen LogP contribution is -2.39. The lowest BCUT2D eigenvalue weighted by molar-refractivity contribution is 0.0827. The molecule has 0 spiro atoms. The topological polar surface area (TPSA) is 61.6 Å². The summed E-state index contributed by atoms with van der Waals surface area (Å²) >= 11 is 0. The second-order valence-corrected chi connectivity index (χ2v) is 5.75. The van der Waals surface area contributed by atoms with Crippen molar-refractivity contribution >= 4 is 17.3 Å². The molecule has 1 aromatic rings. The molecule has 0 aromatic heterocycles. The molecule has 0 radical (unpaired) electrons. The number of amides is 1. The summed E-state index contributed by atoms with van der Waals surface area (Å²) in [5.41, 5.74) is 8.24. The molecule has 1 amide bonds. The van der Waals surface area contributed by atoms with Gasteiger partial charge >= 0.3 is 0 Å². The van der Waals surface area contributed by atoms with E-state index in [0.717, 1.165) is 25.2 Å². The maximum atomic E-state index is 11.9. The molecule has 1 saturated heterocycles. The van der Waals surface area contributed by atoms with E-state index >= 15 is 0 Å². The Kier molecular flexibility index (Phi) is 4.49. The molecular weight excluding hydrogens is 252 g/mol. The number of nitrogens with zero attached hydrogens (tertiary/aromatic N) is 2. The summed E-state index contributed by atoms with van der Waals surface area (Å²) in [7, 11) is 5.61. The van der Waals surface area contributed by atoms with Crippen LogP contribution in [0.15, 0.2) is 18.2 Å². The Labute approximate surface area is 120 Å². The van der Waals surface area contributed by atoms with Crippen LogP contribution in [0.5, 0.6) is 0 Å². The number of likely N-dealkylation sites (N-methyl/N-ethyl adjacent to an activating group) is 1. The van der Waals surface area contributed by atoms with Crippen molar-refractivity contribution < 1.29 is 4.79 Å². The van der Waals surface area contributed by atoms with Crippen molar-refractivity contribution in [2.45, 2.75) is 18.9 Å². The number of likely N-dealkylation sites (tertiary alicyclic amines) is 1. The molecule has 1 unspecified atom stereocenters. The molecular formula is C15H24N4O. The van der Waals surface area contributed by atoms with Crippen LogP contribution in [0.2, 0.25) is 0 Å². The molecule has 1 atom stereocenters. The fourth-order valence-corrected chi connectivity index (χ4v) is 2.59. The van der Waals surface area contributed by atoms with Gasteiger partial charge in [0, 0.05) is 32.2 Å². The summed E-state index contributed by atoms with van der Waals surface area (Å²) in [6, 6.07) is 5.90. The SMILES string of the molecule is CN1CCCC(Nc2ccc(C(=O)N(C)C)cc2N)C1. The normalized spacial score (nSPS) is 19.6. The van der Waals surface area contributed by atoms with Crippen molar-refractivity contribution in [3.8, 4) is 0 Å². The van der Waals surface area contributed by atoms with E-state index in [-0.39, 0.29) is 5.91 Å². The number of carbonyl (C=O) groups is 1. The van der Waals surface area contributed by atoms with Crippen molar-refractivity contribution in [2.24, 2.45) is 0 Å². The third kappa shape index (κ3) is 3.42. The minimum absolute atomic E-state index is 0.0272. The first-order valence-corrected chi connectivity index (χ1v) is 7.03. The van der Waals surface area contributed by atoms with Gasteiger partial charge in [-0.05, 0) is 44.6 Å². The van der Waals surface area contributed by atoms with Crippen molar-refractivity contribution in [2.75, 3.05) is 45.3 Å². The Morgan fingerprint density at radius 1 is 1.45 bits per heavy atom. The van der Waals surface area contributed by atoms with Crippen LogP contribution in [-0.2, 0) is 0 Å². The van der Waals surface area contributed by atoms with Gasteiger partial charge < -0.3 is 20.9 Å². The number of nitrogen functional groups attached to an aromatic ring is 1. The van der Waals surface area contributed by atoms with Gasteiger partial charge in [-0.1, -0.05) is 0 Å². The molecule has 1 aliphatic rings. The molecule has 20 heavy (non-hydrogen) atoms. The highest BCUT2D eigenvalue weighted by molar-refractivity contribution is 5.95. The van der Waals surface area contributed by atoms with Gasteiger partial charge in [-0.15, -0.1) is 0 Å². The zero-order valence-corrected chi connectivity index (χ0v) is 12.5. The Hall–Kier alpha value is -1.75. The van der Waals surface area contributed by atoms with E-state index in [4.69, 9.17) is 5.73 Å². The molecule has 0 bridgehead atoms. The number of nitrogens with two attached hydrogens (primary N) is 1. The third-order valence-electron chi connectivity index (χ3n) is 3.69. The molecule has 1 fully saturated rings. The Balaban J connectivity index is 2.08. The van der Waals surface area contributed by atoms with E-state index in [1.54, 1.807) is 25.1 Å². The maximum absolute atomic E-state index is 11.9. The monoisotopic (exact) mass is 276 g/mol. The number of carbonyl (C=O) groups excluding carboxylic acids is 1. The number of piperidine rings is 1. The minimum Gasteiger partial charge on any atom is -0.397 e. The minimum atomic E-state index is -0.0272. The Morgan fingerprint density at radius 2 is 2.20 bits per heavy atom. The van der Waals surface area contributed by atoms with E-state index in [2.05, 4.69) is 17.3 Å². The highest BCUT2D eigenvalue weighted by atomic mass is 16.2. The number of hydrogen-bond acceptors (Lipinski definition) is 4. The summed E-state index contributed by atoms with van der Waals surface area (Å²) in [4.78, 5) is 15.8. The highest BCUT2D eigenvalue weighted by Gasteiger charge is 2.18. The van der Waals surface area contributed by atoms with Crippen LogP contribution < -0.4 is 11.1 Å². The van der Waals surface area contributed by atoms with Gasteiger partial charge in [0.25, 0.3) is 5.91 Å². The number of hydrogen-bond donors (Lipinski definition) is 2. The molecule has 110 valence electrons. The summed E-state index contributed by atoms with van der Waals surface area (Å²) in [6.45, 7) is 2.18. The molecule has 0 aliphatic carbocycles. The molecule has 1 aromatic carbocycles. The smallest absolute Gasteiger partial charge is 0.253 e. The van der Waals surface area contributed by atoms with Crippen LogP contribution in [-0.4, -0.2) is 56.0 Å². The molecule has 5 nitrogen and oxygen atoms in total. The third-order valence-corrected chi connectivity index (χ3v) is 3.69. The first kappa shape index (κ1) is 14.7. The zero-order chi connectivity index (χ0) is 14.7. The quantitative estimate of drug-likeness (QED) is 0.821. The summed E-state index contributed by atoms with van der Waals surface area (Å²) in [5, 5.41) is 3.48. The highest BCUT2D eigenvalue weighted by Crippen LogP contribution is 2.23. The first-order chi connectivity index (χ1) is 9.47. The van der Waals surface area contributed by atoms with Gasteiger partial charge in [0.2, 0.25) is 0 Å². The van der Waals surface area contributed by atoms with Crippen molar-refractivity contribution in [3.05, 3.63) is 23.8 Å². The molecule has 0 saturated carbocycles. The summed E-state index contributed by atoms with van der Waals surface area (Å²) in [6.07, 6.45) is 2.35. The number of anilines is 2. The second-order valence-electron chi connectivity index (χ2n) is 5.75. The zero-order valence-electron chi connectivity index (χ0n) is 12.5. The van der Waals surface area contributed by atoms with Crippen LogP contribution in [0.25, 0.3) is 0 Å². The average Bonchev–Trinajstić information content (AvgIpc) is 2.40. The van der Waals surface area contributed by atoms with Gasteiger partial charge in [0.05, 0.1) is 11.4 Å². The van der Waals surface area contributed by atoms with Crippen LogP contribution in [0.1, 0.15) is 23.2 Å². The molecule has 1 heterocycles. The summed E-state index contributed by atoms with van der Waals surface area (Å²) in [5.74, 6) is -0.0272. The average molecular weight is 276 g/mol. The van der Waals surface area contributed by atoms with E-state index in [1.807, 2.05) is 12.1 Å². The lowest BCUT2D eigenvalue weighted by atomic mass is 10.1. The van der Waals surface area contributed by atoms with Gasteiger partial charge in [-0.25, -0.2) is 0 Å². The predicted octanol–water partition coefficient (Wildman–Crippen LogP) is 1.48. The van der Waals surface area contributed by atoms with Crippen molar-refractivity contribution in [1.82, 2.24) is 9.80 Å².